The van der Waals surface area contributed by atoms with E-state index >= 15 is 0 Å². The highest BCUT2D eigenvalue weighted by molar-refractivity contribution is 6.42. The van der Waals surface area contributed by atoms with Gasteiger partial charge in [0, 0.05) is 7.05 Å². The van der Waals surface area contributed by atoms with E-state index in [0.717, 1.165) is 5.52 Å². The van der Waals surface area contributed by atoms with Gasteiger partial charge in [-0.15, -0.1) is 11.6 Å². The second kappa shape index (κ2) is 5.57. The van der Waals surface area contributed by atoms with Crippen molar-refractivity contribution in [2.75, 3.05) is 7.05 Å². The third kappa shape index (κ3) is 2.53. The summed E-state index contributed by atoms with van der Waals surface area (Å²) >= 11 is 17.9. The van der Waals surface area contributed by atoms with Crippen molar-refractivity contribution in [2.45, 2.75) is 18.8 Å². The quantitative estimate of drug-likeness (QED) is 0.881. The molecular formula is C12H12Cl3N3O. The minimum atomic E-state index is -0.430. The number of carbonyl (C=O) groups is 1. The van der Waals surface area contributed by atoms with Crippen LogP contribution in [-0.4, -0.2) is 22.5 Å². The molecule has 1 aromatic heterocycles. The molecule has 102 valence electrons. The van der Waals surface area contributed by atoms with Gasteiger partial charge in [0.2, 0.25) is 5.91 Å². The molecule has 0 aliphatic carbocycles. The zero-order valence-electron chi connectivity index (χ0n) is 10.4. The first kappa shape index (κ1) is 14.4. The monoisotopic (exact) mass is 319 g/mol. The lowest BCUT2D eigenvalue weighted by Crippen LogP contribution is -2.28. The molecular weight excluding hydrogens is 309 g/mol. The standard InChI is InChI=1S/C12H12Cl3N3O/c1-6(12(19)16-2)18-10-4-8(15)7(14)3-9(10)17-11(18)5-13/h3-4,6H,5H2,1-2H3,(H,16,19). The minimum Gasteiger partial charge on any atom is -0.357 e. The molecule has 0 saturated carbocycles. The Labute approximate surface area is 125 Å². The molecule has 1 N–H and O–H groups in total. The van der Waals surface area contributed by atoms with Crippen LogP contribution in [-0.2, 0) is 10.7 Å². The molecule has 4 nitrogen and oxygen atoms in total. The van der Waals surface area contributed by atoms with Gasteiger partial charge in [0.25, 0.3) is 0 Å². The summed E-state index contributed by atoms with van der Waals surface area (Å²) in [7, 11) is 1.59. The third-order valence-corrected chi connectivity index (χ3v) is 3.90. The van der Waals surface area contributed by atoms with Gasteiger partial charge in [0.05, 0.1) is 27.0 Å². The van der Waals surface area contributed by atoms with Gasteiger partial charge in [-0.3, -0.25) is 4.79 Å². The maximum atomic E-state index is 11.8. The summed E-state index contributed by atoms with van der Waals surface area (Å²) in [5.41, 5.74) is 1.40. The summed E-state index contributed by atoms with van der Waals surface area (Å²) in [5.74, 6) is 0.675. The molecule has 0 aliphatic heterocycles. The summed E-state index contributed by atoms with van der Waals surface area (Å²) in [4.78, 5) is 16.2. The number of rotatable bonds is 3. The van der Waals surface area contributed by atoms with Crippen LogP contribution in [0, 0.1) is 0 Å². The molecule has 0 aliphatic rings. The summed E-state index contributed by atoms with van der Waals surface area (Å²) < 4.78 is 1.77. The largest absolute Gasteiger partial charge is 0.357 e. The minimum absolute atomic E-state index is 0.128. The highest BCUT2D eigenvalue weighted by atomic mass is 35.5. The molecule has 0 bridgehead atoms. The van der Waals surface area contributed by atoms with Crippen LogP contribution in [0.5, 0.6) is 0 Å². The zero-order chi connectivity index (χ0) is 14.2. The lowest BCUT2D eigenvalue weighted by molar-refractivity contribution is -0.123. The van der Waals surface area contributed by atoms with Crippen LogP contribution in [0.2, 0.25) is 10.0 Å². The predicted octanol–water partition coefficient (Wildman–Crippen LogP) is 3.39. The number of hydrogen-bond donors (Lipinski definition) is 1. The van der Waals surface area contributed by atoms with E-state index < -0.39 is 6.04 Å². The predicted molar refractivity (Wildman–Crippen MR) is 78.1 cm³/mol. The van der Waals surface area contributed by atoms with Gasteiger partial charge in [-0.25, -0.2) is 4.98 Å². The Balaban J connectivity index is 2.70. The van der Waals surface area contributed by atoms with Crippen LogP contribution < -0.4 is 5.32 Å². The lowest BCUT2D eigenvalue weighted by Gasteiger charge is -2.15. The Morgan fingerprint density at radius 1 is 1.42 bits per heavy atom. The highest BCUT2D eigenvalue weighted by Gasteiger charge is 2.21. The average Bonchev–Trinajstić information content (AvgIpc) is 2.75. The van der Waals surface area contributed by atoms with Crippen LogP contribution in [0.4, 0.5) is 0 Å². The first-order valence-electron chi connectivity index (χ1n) is 5.63. The Morgan fingerprint density at radius 2 is 2.05 bits per heavy atom. The number of carbonyl (C=O) groups excluding carboxylic acids is 1. The zero-order valence-corrected chi connectivity index (χ0v) is 12.6. The fourth-order valence-corrected chi connectivity index (χ4v) is 2.50. The SMILES string of the molecule is CNC(=O)C(C)n1c(CCl)nc2cc(Cl)c(Cl)cc21. The fourth-order valence-electron chi connectivity index (χ4n) is 1.99. The van der Waals surface area contributed by atoms with E-state index in [0.29, 0.717) is 21.4 Å². The van der Waals surface area contributed by atoms with Crippen molar-refractivity contribution < 1.29 is 4.79 Å². The number of imidazole rings is 1. The van der Waals surface area contributed by atoms with Gasteiger partial charge in [0.1, 0.15) is 11.9 Å². The maximum absolute atomic E-state index is 11.8. The van der Waals surface area contributed by atoms with E-state index in [2.05, 4.69) is 10.3 Å². The van der Waals surface area contributed by atoms with Crippen molar-refractivity contribution in [3.63, 3.8) is 0 Å². The van der Waals surface area contributed by atoms with Crippen LogP contribution in [0.25, 0.3) is 11.0 Å². The van der Waals surface area contributed by atoms with Gasteiger partial charge >= 0.3 is 0 Å². The van der Waals surface area contributed by atoms with E-state index in [-0.39, 0.29) is 11.8 Å². The van der Waals surface area contributed by atoms with Crippen molar-refractivity contribution in [1.82, 2.24) is 14.9 Å². The molecule has 7 heteroatoms. The topological polar surface area (TPSA) is 46.9 Å². The second-order valence-electron chi connectivity index (χ2n) is 4.08. The summed E-state index contributed by atoms with van der Waals surface area (Å²) in [6.45, 7) is 1.78. The third-order valence-electron chi connectivity index (χ3n) is 2.94. The number of alkyl halides is 1. The molecule has 0 fully saturated rings. The number of halogens is 3. The summed E-state index contributed by atoms with van der Waals surface area (Å²) in [6.07, 6.45) is 0. The van der Waals surface area contributed by atoms with Gasteiger partial charge in [-0.2, -0.15) is 0 Å². The Morgan fingerprint density at radius 3 is 2.63 bits per heavy atom. The number of benzene rings is 1. The molecule has 2 rings (SSSR count). The van der Waals surface area contributed by atoms with Gasteiger partial charge in [0.15, 0.2) is 0 Å². The van der Waals surface area contributed by atoms with Gasteiger partial charge in [-0.1, -0.05) is 23.2 Å². The molecule has 2 aromatic rings. The van der Waals surface area contributed by atoms with E-state index in [4.69, 9.17) is 34.8 Å². The van der Waals surface area contributed by atoms with Crippen molar-refractivity contribution in [3.8, 4) is 0 Å². The van der Waals surface area contributed by atoms with Gasteiger partial charge in [-0.05, 0) is 19.1 Å². The lowest BCUT2D eigenvalue weighted by atomic mass is 10.2. The van der Waals surface area contributed by atoms with Crippen molar-refractivity contribution in [3.05, 3.63) is 28.0 Å². The van der Waals surface area contributed by atoms with Crippen LogP contribution in [0.3, 0.4) is 0 Å². The first-order valence-corrected chi connectivity index (χ1v) is 6.92. The van der Waals surface area contributed by atoms with Crippen molar-refractivity contribution >= 4 is 51.7 Å². The number of fused-ring (bicyclic) bond motifs is 1. The summed E-state index contributed by atoms with van der Waals surface area (Å²) in [5, 5.41) is 3.45. The first-order chi connectivity index (χ1) is 8.99. The fraction of sp³-hybridized carbons (Fsp3) is 0.333. The Kier molecular flexibility index (Phi) is 4.23. The Bertz CT molecular complexity index is 639. The molecule has 1 aromatic carbocycles. The molecule has 1 unspecified atom stereocenters. The number of nitrogens with zero attached hydrogens (tertiary/aromatic N) is 2. The van der Waals surface area contributed by atoms with E-state index in [1.54, 1.807) is 30.7 Å². The van der Waals surface area contributed by atoms with E-state index in [1.165, 1.54) is 0 Å². The van der Waals surface area contributed by atoms with E-state index in [9.17, 15) is 4.79 Å². The molecule has 1 amide bonds. The maximum Gasteiger partial charge on any atom is 0.242 e. The molecule has 0 saturated heterocycles. The van der Waals surface area contributed by atoms with Crippen molar-refractivity contribution in [2.24, 2.45) is 0 Å². The number of amides is 1. The van der Waals surface area contributed by atoms with Crippen LogP contribution in [0.1, 0.15) is 18.8 Å². The molecule has 1 heterocycles. The molecule has 19 heavy (non-hydrogen) atoms. The smallest absolute Gasteiger partial charge is 0.242 e. The number of hydrogen-bond acceptors (Lipinski definition) is 2. The van der Waals surface area contributed by atoms with Crippen molar-refractivity contribution in [1.29, 1.82) is 0 Å². The van der Waals surface area contributed by atoms with Gasteiger partial charge < -0.3 is 9.88 Å². The number of aromatic nitrogens is 2. The van der Waals surface area contributed by atoms with Crippen LogP contribution in [0.15, 0.2) is 12.1 Å². The molecule has 1 atom stereocenters. The average molecular weight is 321 g/mol. The van der Waals surface area contributed by atoms with E-state index in [1.807, 2.05) is 0 Å². The highest BCUT2D eigenvalue weighted by Crippen LogP contribution is 2.30. The number of likely N-dealkylation sites (N-methyl/N-ethyl adjacent to an activating group) is 1. The summed E-state index contributed by atoms with van der Waals surface area (Å²) in [6, 6.07) is 2.94. The number of nitrogens with one attached hydrogen (secondary N) is 1. The second-order valence-corrected chi connectivity index (χ2v) is 5.16. The van der Waals surface area contributed by atoms with Crippen LogP contribution >= 0.6 is 34.8 Å². The molecule has 0 radical (unpaired) electrons. The Hall–Kier alpha value is -0.970. The molecule has 0 spiro atoms. The normalized spacial score (nSPS) is 12.7.